The molecule has 0 saturated heterocycles. The smallest absolute Gasteiger partial charge is 0.340 e. The van der Waals surface area contributed by atoms with E-state index >= 15 is 0 Å². The van der Waals surface area contributed by atoms with Crippen molar-refractivity contribution in [2.24, 2.45) is 14.1 Å². The van der Waals surface area contributed by atoms with Crippen LogP contribution in [0.1, 0.15) is 20.7 Å². The average molecular weight is 561 g/mol. The first-order valence-electron chi connectivity index (χ1n) is 11.7. The number of carbonyl (C=O) groups excluding carboxylic acids is 1. The van der Waals surface area contributed by atoms with Crippen molar-refractivity contribution in [3.05, 3.63) is 60.2 Å². The van der Waals surface area contributed by atoms with E-state index in [1.165, 1.54) is 30.6 Å². The number of benzene rings is 2. The predicted molar refractivity (Wildman–Crippen MR) is 154 cm³/mol. The van der Waals surface area contributed by atoms with E-state index in [0.29, 0.717) is 26.8 Å². The predicted octanol–water partition coefficient (Wildman–Crippen LogP) is 5.17. The number of aryl methyl sites for hydroxylation is 2. The summed E-state index contributed by atoms with van der Waals surface area (Å²) in [6.07, 6.45) is 10.8. The van der Waals surface area contributed by atoms with Crippen molar-refractivity contribution in [3.63, 3.8) is 0 Å². The molecule has 0 radical (unpaired) electrons. The van der Waals surface area contributed by atoms with Crippen LogP contribution in [0.15, 0.2) is 59.4 Å². The molecule has 198 valence electrons. The van der Waals surface area contributed by atoms with Crippen molar-refractivity contribution >= 4 is 79.1 Å². The Bertz CT molecular complexity index is 1910. The van der Waals surface area contributed by atoms with Crippen LogP contribution in [0.4, 0.5) is 0 Å². The number of aromatic carboxylic acids is 1. The van der Waals surface area contributed by atoms with Crippen LogP contribution in [0.2, 0.25) is 0 Å². The van der Waals surface area contributed by atoms with Crippen LogP contribution >= 0.6 is 23.5 Å². The Kier molecular flexibility index (Phi) is 7.15. The molecule has 10 nitrogen and oxygen atoms in total. The lowest BCUT2D eigenvalue weighted by Gasteiger charge is -2.03. The summed E-state index contributed by atoms with van der Waals surface area (Å²) in [5, 5.41) is 14.0. The van der Waals surface area contributed by atoms with Gasteiger partial charge >= 0.3 is 11.9 Å². The maximum atomic E-state index is 11.8. The van der Waals surface area contributed by atoms with Crippen LogP contribution in [-0.2, 0) is 18.8 Å². The maximum Gasteiger partial charge on any atom is 0.340 e. The van der Waals surface area contributed by atoms with E-state index in [1.54, 1.807) is 29.4 Å². The Morgan fingerprint density at radius 1 is 0.795 bits per heavy atom. The number of rotatable bonds is 4. The highest BCUT2D eigenvalue weighted by molar-refractivity contribution is 7.98. The Balaban J connectivity index is 0.000000158. The molecule has 0 aliphatic carbocycles. The van der Waals surface area contributed by atoms with E-state index < -0.39 is 5.97 Å². The zero-order chi connectivity index (χ0) is 27.8. The molecule has 4 heterocycles. The van der Waals surface area contributed by atoms with E-state index in [4.69, 9.17) is 4.74 Å². The largest absolute Gasteiger partial charge is 0.478 e. The van der Waals surface area contributed by atoms with Gasteiger partial charge in [-0.3, -0.25) is 0 Å². The van der Waals surface area contributed by atoms with Gasteiger partial charge in [0.2, 0.25) is 0 Å². The summed E-state index contributed by atoms with van der Waals surface area (Å²) in [5.74, 6) is -1.27. The molecule has 0 aliphatic heterocycles. The molecule has 1 N–H and O–H groups in total. The van der Waals surface area contributed by atoms with Gasteiger partial charge in [0.05, 0.1) is 40.3 Å². The molecule has 0 fully saturated rings. The highest BCUT2D eigenvalue weighted by Crippen LogP contribution is 2.30. The van der Waals surface area contributed by atoms with Crippen LogP contribution in [0, 0.1) is 0 Å². The van der Waals surface area contributed by atoms with Crippen molar-refractivity contribution in [2.45, 2.75) is 10.3 Å². The average Bonchev–Trinajstić information content (AvgIpc) is 3.49. The molecule has 0 unspecified atom stereocenters. The third-order valence-corrected chi connectivity index (χ3v) is 7.46. The minimum Gasteiger partial charge on any atom is -0.478 e. The number of carboxylic acid groups (broad SMARTS) is 1. The van der Waals surface area contributed by atoms with E-state index in [-0.39, 0.29) is 5.97 Å². The summed E-state index contributed by atoms with van der Waals surface area (Å²) in [7, 11) is 5.11. The van der Waals surface area contributed by atoms with Crippen molar-refractivity contribution in [2.75, 3.05) is 19.6 Å². The Morgan fingerprint density at radius 2 is 1.26 bits per heavy atom. The molecular weight excluding hydrogens is 536 g/mol. The quantitative estimate of drug-likeness (QED) is 0.175. The number of hydrogen-bond donors (Lipinski definition) is 1. The fourth-order valence-corrected chi connectivity index (χ4v) is 5.26. The number of aromatic nitrogens is 6. The first kappa shape index (κ1) is 26.4. The fraction of sp³-hybridized carbons (Fsp3) is 0.185. The highest BCUT2D eigenvalue weighted by atomic mass is 32.2. The van der Waals surface area contributed by atoms with E-state index in [1.807, 2.05) is 55.4 Å². The lowest BCUT2D eigenvalue weighted by Crippen LogP contribution is -1.99. The molecule has 0 spiro atoms. The Labute approximate surface area is 231 Å². The normalized spacial score (nSPS) is 11.2. The number of nitrogens with zero attached hydrogens (tertiary/aromatic N) is 6. The van der Waals surface area contributed by atoms with Crippen molar-refractivity contribution in [1.82, 2.24) is 29.1 Å². The molecule has 0 atom stereocenters. The maximum absolute atomic E-state index is 11.8. The highest BCUT2D eigenvalue weighted by Gasteiger charge is 2.18. The molecule has 0 saturated carbocycles. The van der Waals surface area contributed by atoms with Crippen LogP contribution < -0.4 is 0 Å². The topological polar surface area (TPSA) is 125 Å². The van der Waals surface area contributed by atoms with Crippen molar-refractivity contribution in [1.29, 1.82) is 0 Å². The zero-order valence-electron chi connectivity index (χ0n) is 21.8. The molecule has 39 heavy (non-hydrogen) atoms. The number of carboxylic acids is 1. The van der Waals surface area contributed by atoms with Crippen LogP contribution in [0.3, 0.4) is 0 Å². The lowest BCUT2D eigenvalue weighted by atomic mass is 10.1. The molecule has 0 bridgehead atoms. The molecule has 6 rings (SSSR count). The third-order valence-electron chi connectivity index (χ3n) is 6.34. The number of methoxy groups -OCH3 is 1. The zero-order valence-corrected chi connectivity index (χ0v) is 23.4. The number of fused-ring (bicyclic) bond motifs is 6. The minimum absolute atomic E-state index is 0.295. The third kappa shape index (κ3) is 4.66. The first-order chi connectivity index (χ1) is 18.8. The van der Waals surface area contributed by atoms with Crippen LogP contribution in [0.25, 0.3) is 43.6 Å². The molecule has 0 amide bonds. The molecule has 12 heteroatoms. The van der Waals surface area contributed by atoms with Gasteiger partial charge in [0.25, 0.3) is 0 Å². The van der Waals surface area contributed by atoms with Gasteiger partial charge in [-0.15, -0.1) is 0 Å². The number of esters is 1. The Hall–Kier alpha value is -4.16. The van der Waals surface area contributed by atoms with Crippen molar-refractivity contribution < 1.29 is 19.4 Å². The van der Waals surface area contributed by atoms with Gasteiger partial charge in [-0.2, -0.15) is 0 Å². The SMILES string of the molecule is COC(=O)c1cn(C)c2c1ccc1cnc(SC)nc12.CSc1ncc2ccc3c(C(=O)O)cn(C)c3c2n1. The van der Waals surface area contributed by atoms with Gasteiger partial charge in [-0.1, -0.05) is 47.8 Å². The van der Waals surface area contributed by atoms with Gasteiger partial charge < -0.3 is 19.0 Å². The van der Waals surface area contributed by atoms with E-state index in [0.717, 1.165) is 38.2 Å². The molecule has 4 aromatic heterocycles. The van der Waals surface area contributed by atoms with Gasteiger partial charge in [0.1, 0.15) is 0 Å². The number of thioether (sulfide) groups is 2. The van der Waals surface area contributed by atoms with Gasteiger partial charge in [-0.25, -0.2) is 29.5 Å². The molecular formula is C27H24N6O4S2. The molecule has 0 aliphatic rings. The Morgan fingerprint density at radius 3 is 1.69 bits per heavy atom. The summed E-state index contributed by atoms with van der Waals surface area (Å²) in [5.41, 5.74) is 4.22. The monoisotopic (exact) mass is 560 g/mol. The van der Waals surface area contributed by atoms with Gasteiger partial charge in [0, 0.05) is 60.4 Å². The molecule has 6 aromatic rings. The second-order valence-electron chi connectivity index (χ2n) is 8.62. The van der Waals surface area contributed by atoms with E-state index in [2.05, 4.69) is 19.9 Å². The second-order valence-corrected chi connectivity index (χ2v) is 10.2. The van der Waals surface area contributed by atoms with Gasteiger partial charge in [-0.05, 0) is 12.5 Å². The fourth-order valence-electron chi connectivity index (χ4n) is 4.58. The minimum atomic E-state index is -0.927. The second kappa shape index (κ2) is 10.5. The first-order valence-corrected chi connectivity index (χ1v) is 14.1. The summed E-state index contributed by atoms with van der Waals surface area (Å²) >= 11 is 2.96. The standard InChI is InChI=1S/C14H13N3O2S.C13H11N3O2S/c1-17-7-10(13(18)19-2)9-5-4-8-6-15-14(20-3)16-11(8)12(9)17;1-16-6-9(12(17)18)8-4-3-7-5-14-13(19-2)15-10(7)11(8)16/h4-7H,1-3H3;3-6H,1-2H3,(H,17,18). The summed E-state index contributed by atoms with van der Waals surface area (Å²) < 4.78 is 8.53. The van der Waals surface area contributed by atoms with E-state index in [9.17, 15) is 14.7 Å². The van der Waals surface area contributed by atoms with Crippen molar-refractivity contribution in [3.8, 4) is 0 Å². The number of ether oxygens (including phenoxy) is 1. The number of hydrogen-bond acceptors (Lipinski definition) is 9. The summed E-state index contributed by atoms with van der Waals surface area (Å²) in [6.45, 7) is 0. The summed E-state index contributed by atoms with van der Waals surface area (Å²) in [4.78, 5) is 40.6. The van der Waals surface area contributed by atoms with Crippen LogP contribution in [-0.4, -0.2) is 65.7 Å². The lowest BCUT2D eigenvalue weighted by molar-refractivity contribution is 0.0601. The summed E-state index contributed by atoms with van der Waals surface area (Å²) in [6, 6.07) is 7.50. The van der Waals surface area contributed by atoms with Gasteiger partial charge in [0.15, 0.2) is 10.3 Å². The molecule has 2 aromatic carbocycles. The van der Waals surface area contributed by atoms with Crippen LogP contribution in [0.5, 0.6) is 0 Å². The number of carbonyl (C=O) groups is 2.